The van der Waals surface area contributed by atoms with Crippen LogP contribution >= 0.6 is 11.6 Å². The largest absolute Gasteiger partial charge is 0.487 e. The zero-order chi connectivity index (χ0) is 11.7. The molecule has 0 aliphatic carbocycles. The fourth-order valence-corrected chi connectivity index (χ4v) is 1.96. The smallest absolute Gasteiger partial charge is 0.145 e. The minimum absolute atomic E-state index is 0.0382. The van der Waals surface area contributed by atoms with Crippen LogP contribution in [0.1, 0.15) is 0 Å². The first kappa shape index (κ1) is 11.6. The van der Waals surface area contributed by atoms with Gasteiger partial charge in [-0.2, -0.15) is 0 Å². The second-order valence-electron chi connectivity index (χ2n) is 4.12. The van der Waals surface area contributed by atoms with E-state index in [9.17, 15) is 4.39 Å². The van der Waals surface area contributed by atoms with E-state index in [0.29, 0.717) is 5.75 Å². The van der Waals surface area contributed by atoms with Gasteiger partial charge in [-0.1, -0.05) is 11.6 Å². The van der Waals surface area contributed by atoms with Crippen molar-refractivity contribution in [1.29, 1.82) is 0 Å². The molecule has 0 spiro atoms. The fourth-order valence-electron chi connectivity index (χ4n) is 1.84. The van der Waals surface area contributed by atoms with Gasteiger partial charge in [0.2, 0.25) is 0 Å². The first-order chi connectivity index (χ1) is 7.56. The lowest BCUT2D eigenvalue weighted by Crippen LogP contribution is -2.37. The maximum absolute atomic E-state index is 13.2. The van der Waals surface area contributed by atoms with Crippen LogP contribution < -0.4 is 10.5 Å². The predicted octanol–water partition coefficient (Wildman–Crippen LogP) is 1.50. The molecule has 0 aromatic heterocycles. The molecule has 1 aromatic carbocycles. The van der Waals surface area contributed by atoms with Gasteiger partial charge in [0.1, 0.15) is 17.7 Å². The lowest BCUT2D eigenvalue weighted by Gasteiger charge is -2.17. The number of hydrogen-bond donors (Lipinski definition) is 1. The van der Waals surface area contributed by atoms with Crippen LogP contribution in [0.5, 0.6) is 5.75 Å². The number of ether oxygens (including phenoxy) is 1. The van der Waals surface area contributed by atoms with E-state index < -0.39 is 5.82 Å². The van der Waals surface area contributed by atoms with Gasteiger partial charge in [0.15, 0.2) is 0 Å². The first-order valence-corrected chi connectivity index (χ1v) is 5.50. The van der Waals surface area contributed by atoms with E-state index in [4.69, 9.17) is 22.1 Å². The molecule has 1 aromatic rings. The number of hydrogen-bond acceptors (Lipinski definition) is 3. The van der Waals surface area contributed by atoms with E-state index in [0.717, 1.165) is 13.1 Å². The van der Waals surface area contributed by atoms with E-state index in [1.54, 1.807) is 6.07 Å². The summed E-state index contributed by atoms with van der Waals surface area (Å²) in [6.45, 7) is 1.55. The van der Waals surface area contributed by atoms with Crippen LogP contribution in [0.4, 0.5) is 4.39 Å². The zero-order valence-electron chi connectivity index (χ0n) is 8.99. The molecule has 3 nitrogen and oxygen atoms in total. The second-order valence-corrected chi connectivity index (χ2v) is 4.52. The minimum atomic E-state index is -0.473. The molecule has 1 fully saturated rings. The number of nitrogens with two attached hydrogens (primary N) is 1. The summed E-state index contributed by atoms with van der Waals surface area (Å²) in [4.78, 5) is 2.08. The Hall–Kier alpha value is -0.840. The molecule has 1 saturated heterocycles. The number of benzene rings is 1. The first-order valence-electron chi connectivity index (χ1n) is 5.12. The molecule has 0 bridgehead atoms. The monoisotopic (exact) mass is 244 g/mol. The van der Waals surface area contributed by atoms with E-state index in [-0.39, 0.29) is 17.2 Å². The molecule has 5 heteroatoms. The van der Waals surface area contributed by atoms with Gasteiger partial charge >= 0.3 is 0 Å². The lowest BCUT2D eigenvalue weighted by atomic mass is 10.2. The summed E-state index contributed by atoms with van der Waals surface area (Å²) in [5.41, 5.74) is 5.90. The molecule has 1 heterocycles. The molecule has 1 aliphatic heterocycles. The molecule has 0 radical (unpaired) electrons. The molecule has 1 aliphatic rings. The molecule has 0 amide bonds. The Labute approximate surface area is 98.9 Å². The van der Waals surface area contributed by atoms with Gasteiger partial charge in [-0.3, -0.25) is 0 Å². The molecule has 2 rings (SSSR count). The minimum Gasteiger partial charge on any atom is -0.487 e. The normalized spacial score (nSPS) is 26.0. The average molecular weight is 245 g/mol. The van der Waals surface area contributed by atoms with Crippen molar-refractivity contribution in [2.24, 2.45) is 5.73 Å². The number of nitrogens with zero attached hydrogens (tertiary/aromatic N) is 1. The highest BCUT2D eigenvalue weighted by Gasteiger charge is 2.29. The summed E-state index contributed by atoms with van der Waals surface area (Å²) in [5, 5.41) is 0.0974. The third kappa shape index (κ3) is 2.45. The average Bonchev–Trinajstić information content (AvgIpc) is 2.51. The Morgan fingerprint density at radius 3 is 2.81 bits per heavy atom. The number of halogens is 2. The highest BCUT2D eigenvalue weighted by molar-refractivity contribution is 6.30. The van der Waals surface area contributed by atoms with Crippen LogP contribution in [0.2, 0.25) is 5.02 Å². The van der Waals surface area contributed by atoms with Gasteiger partial charge < -0.3 is 15.4 Å². The van der Waals surface area contributed by atoms with Gasteiger partial charge in [-0.15, -0.1) is 0 Å². The Morgan fingerprint density at radius 2 is 2.25 bits per heavy atom. The van der Waals surface area contributed by atoms with Crippen LogP contribution in [0.3, 0.4) is 0 Å². The number of likely N-dealkylation sites (tertiary alicyclic amines) is 1. The SMILES string of the molecule is CN1C[C@@H](N)[C@H](Oc2ccc(Cl)c(F)c2)C1. The summed E-state index contributed by atoms with van der Waals surface area (Å²) in [6.07, 6.45) is -0.0921. The highest BCUT2D eigenvalue weighted by atomic mass is 35.5. The van der Waals surface area contributed by atoms with Crippen LogP contribution in [-0.4, -0.2) is 37.2 Å². The fraction of sp³-hybridized carbons (Fsp3) is 0.455. The van der Waals surface area contributed by atoms with E-state index in [1.807, 2.05) is 7.05 Å². The molecule has 0 saturated carbocycles. The molecule has 2 N–H and O–H groups in total. The Bertz CT molecular complexity index is 388. The molecule has 88 valence electrons. The van der Waals surface area contributed by atoms with Gasteiger partial charge in [0.05, 0.1) is 11.1 Å². The molecule has 0 unspecified atom stereocenters. The summed E-state index contributed by atoms with van der Waals surface area (Å²) >= 11 is 5.59. The van der Waals surface area contributed by atoms with Crippen molar-refractivity contribution < 1.29 is 9.13 Å². The van der Waals surface area contributed by atoms with Crippen molar-refractivity contribution in [2.75, 3.05) is 20.1 Å². The summed E-state index contributed by atoms with van der Waals surface area (Å²) < 4.78 is 18.8. The van der Waals surface area contributed by atoms with Gasteiger partial charge in [-0.25, -0.2) is 4.39 Å². The molecule has 16 heavy (non-hydrogen) atoms. The third-order valence-electron chi connectivity index (χ3n) is 2.67. The molecular weight excluding hydrogens is 231 g/mol. The van der Waals surface area contributed by atoms with Crippen molar-refractivity contribution in [2.45, 2.75) is 12.1 Å². The van der Waals surface area contributed by atoms with Crippen LogP contribution in [-0.2, 0) is 0 Å². The predicted molar refractivity (Wildman–Crippen MR) is 61.3 cm³/mol. The summed E-state index contributed by atoms with van der Waals surface area (Å²) in [5.74, 6) is -0.00302. The Kier molecular flexibility index (Phi) is 3.33. The van der Waals surface area contributed by atoms with Crippen molar-refractivity contribution >= 4 is 11.6 Å². The van der Waals surface area contributed by atoms with Gasteiger partial charge in [-0.05, 0) is 19.2 Å². The van der Waals surface area contributed by atoms with Crippen molar-refractivity contribution in [1.82, 2.24) is 4.90 Å². The van der Waals surface area contributed by atoms with Crippen molar-refractivity contribution in [3.63, 3.8) is 0 Å². The topological polar surface area (TPSA) is 38.5 Å². The standard InChI is InChI=1S/C11H14ClFN2O/c1-15-5-10(14)11(6-15)16-7-2-3-8(12)9(13)4-7/h2-4,10-11H,5-6,14H2,1H3/t10-,11-/m1/s1. The maximum Gasteiger partial charge on any atom is 0.145 e. The van der Waals surface area contributed by atoms with Crippen molar-refractivity contribution in [3.8, 4) is 5.75 Å². The highest BCUT2D eigenvalue weighted by Crippen LogP contribution is 2.22. The molecule has 2 atom stereocenters. The quantitative estimate of drug-likeness (QED) is 0.857. The van der Waals surface area contributed by atoms with E-state index in [1.165, 1.54) is 12.1 Å². The van der Waals surface area contributed by atoms with Gasteiger partial charge in [0, 0.05) is 19.2 Å². The van der Waals surface area contributed by atoms with Crippen molar-refractivity contribution in [3.05, 3.63) is 29.0 Å². The maximum atomic E-state index is 13.2. The van der Waals surface area contributed by atoms with Crippen LogP contribution in [0, 0.1) is 5.82 Å². The summed E-state index contributed by atoms with van der Waals surface area (Å²) in [7, 11) is 1.98. The number of likely N-dealkylation sites (N-methyl/N-ethyl adjacent to an activating group) is 1. The lowest BCUT2D eigenvalue weighted by molar-refractivity contribution is 0.194. The third-order valence-corrected chi connectivity index (χ3v) is 2.98. The number of rotatable bonds is 2. The Morgan fingerprint density at radius 1 is 1.50 bits per heavy atom. The zero-order valence-corrected chi connectivity index (χ0v) is 9.75. The van der Waals surface area contributed by atoms with E-state index >= 15 is 0 Å². The van der Waals surface area contributed by atoms with Crippen LogP contribution in [0.15, 0.2) is 18.2 Å². The van der Waals surface area contributed by atoms with E-state index in [2.05, 4.69) is 4.90 Å². The van der Waals surface area contributed by atoms with Crippen LogP contribution in [0.25, 0.3) is 0 Å². The molecular formula is C11H14ClFN2O. The summed E-state index contributed by atoms with van der Waals surface area (Å²) in [6, 6.07) is 4.38. The second kappa shape index (κ2) is 4.57. The van der Waals surface area contributed by atoms with Gasteiger partial charge in [0.25, 0.3) is 0 Å². The Balaban J connectivity index is 2.06.